The van der Waals surface area contributed by atoms with Crippen molar-refractivity contribution < 1.29 is 4.79 Å². The minimum absolute atomic E-state index is 0.140. The highest BCUT2D eigenvalue weighted by atomic mass is 32.1. The number of nitrogens with one attached hydrogen (secondary N) is 1. The van der Waals surface area contributed by atoms with Crippen LogP contribution in [0.3, 0.4) is 0 Å². The molecule has 0 aliphatic rings. The van der Waals surface area contributed by atoms with Crippen molar-refractivity contribution in [1.82, 2.24) is 14.5 Å². The molecule has 0 saturated heterocycles. The second-order valence-electron chi connectivity index (χ2n) is 4.63. The van der Waals surface area contributed by atoms with E-state index in [4.69, 9.17) is 0 Å². The van der Waals surface area contributed by atoms with Gasteiger partial charge in [-0.15, -0.1) is 11.3 Å². The fourth-order valence-corrected chi connectivity index (χ4v) is 3.00. The predicted molar refractivity (Wildman–Crippen MR) is 83.1 cm³/mol. The van der Waals surface area contributed by atoms with Crippen LogP contribution in [0.25, 0.3) is 5.13 Å². The molecule has 106 valence electrons. The Balaban J connectivity index is 1.93. The molecule has 3 rings (SSSR count). The monoisotopic (exact) mass is 298 g/mol. The fraction of sp³-hybridized carbons (Fsp3) is 0.133. The molecule has 1 N–H and O–H groups in total. The Morgan fingerprint density at radius 1 is 1.33 bits per heavy atom. The van der Waals surface area contributed by atoms with E-state index in [-0.39, 0.29) is 5.91 Å². The lowest BCUT2D eigenvalue weighted by atomic mass is 10.2. The molecule has 0 radical (unpaired) electrons. The second kappa shape index (κ2) is 5.49. The molecule has 0 saturated carbocycles. The highest BCUT2D eigenvalue weighted by molar-refractivity contribution is 7.12. The van der Waals surface area contributed by atoms with Gasteiger partial charge in [-0.2, -0.15) is 0 Å². The largest absolute Gasteiger partial charge is 0.321 e. The molecule has 3 heterocycles. The van der Waals surface area contributed by atoms with Crippen molar-refractivity contribution in [2.45, 2.75) is 13.8 Å². The number of amides is 1. The minimum Gasteiger partial charge on any atom is -0.321 e. The van der Waals surface area contributed by atoms with Gasteiger partial charge in [-0.05, 0) is 32.0 Å². The third-order valence-electron chi connectivity index (χ3n) is 3.21. The van der Waals surface area contributed by atoms with E-state index >= 15 is 0 Å². The maximum Gasteiger partial charge on any atom is 0.257 e. The summed E-state index contributed by atoms with van der Waals surface area (Å²) in [6.45, 7) is 3.89. The van der Waals surface area contributed by atoms with Crippen molar-refractivity contribution in [2.24, 2.45) is 0 Å². The van der Waals surface area contributed by atoms with Crippen molar-refractivity contribution in [3.8, 4) is 5.13 Å². The number of rotatable bonds is 3. The molecular weight excluding hydrogens is 284 g/mol. The van der Waals surface area contributed by atoms with Crippen LogP contribution in [0.2, 0.25) is 0 Å². The Kier molecular flexibility index (Phi) is 3.53. The Hall–Kier alpha value is -2.47. The van der Waals surface area contributed by atoms with Crippen LogP contribution in [-0.4, -0.2) is 20.4 Å². The van der Waals surface area contributed by atoms with E-state index in [1.165, 1.54) is 0 Å². The lowest BCUT2D eigenvalue weighted by molar-refractivity contribution is 0.102. The first-order valence-corrected chi connectivity index (χ1v) is 7.35. The molecule has 0 unspecified atom stereocenters. The maximum absolute atomic E-state index is 12.4. The molecule has 21 heavy (non-hydrogen) atoms. The number of pyridine rings is 1. The van der Waals surface area contributed by atoms with E-state index in [1.54, 1.807) is 36.0 Å². The molecule has 0 aromatic carbocycles. The molecule has 1 amide bonds. The summed E-state index contributed by atoms with van der Waals surface area (Å²) in [4.78, 5) is 20.7. The summed E-state index contributed by atoms with van der Waals surface area (Å²) in [6.07, 6.45) is 5.05. The van der Waals surface area contributed by atoms with Crippen molar-refractivity contribution in [1.29, 1.82) is 0 Å². The number of hydrogen-bond acceptors (Lipinski definition) is 4. The first-order chi connectivity index (χ1) is 10.2. The van der Waals surface area contributed by atoms with Gasteiger partial charge in [0, 0.05) is 29.2 Å². The third kappa shape index (κ3) is 2.57. The van der Waals surface area contributed by atoms with Crippen LogP contribution < -0.4 is 5.32 Å². The standard InChI is InChI=1S/C15H14N4OS/c1-10-8-13(11(2)19(10)15-17-6-7-21-15)14(20)18-12-4-3-5-16-9-12/h3-9H,1-2H3,(H,18,20). The summed E-state index contributed by atoms with van der Waals surface area (Å²) in [7, 11) is 0. The molecule has 0 aliphatic carbocycles. The van der Waals surface area contributed by atoms with Crippen molar-refractivity contribution in [3.05, 3.63) is 59.1 Å². The van der Waals surface area contributed by atoms with Gasteiger partial charge in [0.2, 0.25) is 0 Å². The minimum atomic E-state index is -0.140. The molecule has 5 nitrogen and oxygen atoms in total. The van der Waals surface area contributed by atoms with Gasteiger partial charge < -0.3 is 5.32 Å². The number of thiazole rings is 1. The Labute approximate surface area is 126 Å². The van der Waals surface area contributed by atoms with Crippen LogP contribution in [0.4, 0.5) is 5.69 Å². The van der Waals surface area contributed by atoms with Crippen molar-refractivity contribution in [3.63, 3.8) is 0 Å². The summed E-state index contributed by atoms with van der Waals surface area (Å²) >= 11 is 1.54. The normalized spacial score (nSPS) is 10.6. The smallest absolute Gasteiger partial charge is 0.257 e. The highest BCUT2D eigenvalue weighted by Crippen LogP contribution is 2.22. The Morgan fingerprint density at radius 2 is 2.19 bits per heavy atom. The Bertz CT molecular complexity index is 763. The van der Waals surface area contributed by atoms with Gasteiger partial charge in [-0.3, -0.25) is 14.3 Å². The second-order valence-corrected chi connectivity index (χ2v) is 5.50. The van der Waals surface area contributed by atoms with Gasteiger partial charge in [0.05, 0.1) is 17.4 Å². The summed E-state index contributed by atoms with van der Waals surface area (Å²) in [5.41, 5.74) is 3.19. The number of nitrogens with zero attached hydrogens (tertiary/aromatic N) is 3. The van der Waals surface area contributed by atoms with E-state index in [2.05, 4.69) is 15.3 Å². The first kappa shape index (κ1) is 13.5. The molecule has 0 spiro atoms. The zero-order valence-electron chi connectivity index (χ0n) is 11.7. The summed E-state index contributed by atoms with van der Waals surface area (Å²) in [6, 6.07) is 5.47. The topological polar surface area (TPSA) is 59.8 Å². The zero-order chi connectivity index (χ0) is 14.8. The number of anilines is 1. The molecular formula is C15H14N4OS. The molecule has 3 aromatic rings. The van der Waals surface area contributed by atoms with Crippen LogP contribution >= 0.6 is 11.3 Å². The van der Waals surface area contributed by atoms with E-state index in [0.29, 0.717) is 11.3 Å². The van der Waals surface area contributed by atoms with Gasteiger partial charge in [0.15, 0.2) is 5.13 Å². The molecule has 0 bridgehead atoms. The van der Waals surface area contributed by atoms with Crippen LogP contribution in [-0.2, 0) is 0 Å². The van der Waals surface area contributed by atoms with Crippen LogP contribution in [0, 0.1) is 13.8 Å². The van der Waals surface area contributed by atoms with Crippen LogP contribution in [0.5, 0.6) is 0 Å². The summed E-state index contributed by atoms with van der Waals surface area (Å²) in [5, 5.41) is 5.64. The van der Waals surface area contributed by atoms with Gasteiger partial charge in [0.25, 0.3) is 5.91 Å². The molecule has 0 fully saturated rings. The van der Waals surface area contributed by atoms with Gasteiger partial charge >= 0.3 is 0 Å². The van der Waals surface area contributed by atoms with E-state index in [0.717, 1.165) is 16.5 Å². The average Bonchev–Trinajstić information content (AvgIpc) is 3.08. The van der Waals surface area contributed by atoms with Crippen LogP contribution in [0.15, 0.2) is 42.2 Å². The quantitative estimate of drug-likeness (QED) is 0.807. The molecule has 0 aliphatic heterocycles. The number of carbonyl (C=O) groups excluding carboxylic acids is 1. The van der Waals surface area contributed by atoms with E-state index in [1.807, 2.05) is 35.9 Å². The number of aromatic nitrogens is 3. The zero-order valence-corrected chi connectivity index (χ0v) is 12.5. The molecule has 6 heteroatoms. The number of hydrogen-bond donors (Lipinski definition) is 1. The van der Waals surface area contributed by atoms with Gasteiger partial charge in [-0.1, -0.05) is 0 Å². The average molecular weight is 298 g/mol. The Morgan fingerprint density at radius 3 is 2.86 bits per heavy atom. The van der Waals surface area contributed by atoms with Crippen molar-refractivity contribution in [2.75, 3.05) is 5.32 Å². The van der Waals surface area contributed by atoms with E-state index in [9.17, 15) is 4.79 Å². The number of aryl methyl sites for hydroxylation is 1. The van der Waals surface area contributed by atoms with E-state index < -0.39 is 0 Å². The lowest BCUT2D eigenvalue weighted by Crippen LogP contribution is -2.13. The highest BCUT2D eigenvalue weighted by Gasteiger charge is 2.17. The lowest BCUT2D eigenvalue weighted by Gasteiger charge is -2.06. The molecule has 3 aromatic heterocycles. The van der Waals surface area contributed by atoms with Gasteiger partial charge in [-0.25, -0.2) is 4.98 Å². The summed E-state index contributed by atoms with van der Waals surface area (Å²) in [5.74, 6) is -0.140. The van der Waals surface area contributed by atoms with Crippen molar-refractivity contribution >= 4 is 22.9 Å². The predicted octanol–water partition coefficient (Wildman–Crippen LogP) is 3.20. The van der Waals surface area contributed by atoms with Gasteiger partial charge in [0.1, 0.15) is 0 Å². The maximum atomic E-state index is 12.4. The van der Waals surface area contributed by atoms with Crippen LogP contribution in [0.1, 0.15) is 21.7 Å². The first-order valence-electron chi connectivity index (χ1n) is 6.47. The third-order valence-corrected chi connectivity index (χ3v) is 3.96. The summed E-state index contributed by atoms with van der Waals surface area (Å²) < 4.78 is 1.99. The fourth-order valence-electron chi connectivity index (χ4n) is 2.25. The SMILES string of the molecule is Cc1cc(C(=O)Nc2cccnc2)c(C)n1-c1nccs1. The molecule has 0 atom stereocenters. The number of carbonyl (C=O) groups is 1.